The predicted octanol–water partition coefficient (Wildman–Crippen LogP) is 1.23. The topological polar surface area (TPSA) is 75.4 Å². The fourth-order valence-corrected chi connectivity index (χ4v) is 2.35. The Labute approximate surface area is 101 Å². The average Bonchev–Trinajstić information content (AvgIpc) is 2.66. The van der Waals surface area contributed by atoms with E-state index in [9.17, 15) is 9.90 Å². The number of amides is 1. The van der Waals surface area contributed by atoms with Crippen LogP contribution in [-0.2, 0) is 11.2 Å². The number of nitrogens with two attached hydrogens (primary N) is 1. The molecule has 0 spiro atoms. The van der Waals surface area contributed by atoms with Crippen molar-refractivity contribution in [2.45, 2.75) is 31.7 Å². The van der Waals surface area contributed by atoms with Crippen LogP contribution in [0.2, 0.25) is 0 Å². The van der Waals surface area contributed by atoms with Crippen molar-refractivity contribution in [2.75, 3.05) is 6.54 Å². The lowest BCUT2D eigenvalue weighted by atomic mass is 10.1. The summed E-state index contributed by atoms with van der Waals surface area (Å²) in [5.74, 6) is 0.0849. The highest BCUT2D eigenvalue weighted by Crippen LogP contribution is 2.33. The summed E-state index contributed by atoms with van der Waals surface area (Å²) in [7, 11) is 0. The SMILES string of the molecule is NC(=O)CCCNC1CCc2cc(O)ccc21. The lowest BCUT2D eigenvalue weighted by Gasteiger charge is -2.13. The predicted molar refractivity (Wildman–Crippen MR) is 65.6 cm³/mol. The second kappa shape index (κ2) is 5.19. The molecule has 1 unspecified atom stereocenters. The number of nitrogens with one attached hydrogen (secondary N) is 1. The molecule has 4 heteroatoms. The van der Waals surface area contributed by atoms with E-state index in [0.29, 0.717) is 18.2 Å². The molecule has 2 rings (SSSR count). The average molecular weight is 234 g/mol. The minimum Gasteiger partial charge on any atom is -0.508 e. The van der Waals surface area contributed by atoms with Crippen LogP contribution >= 0.6 is 0 Å². The van der Waals surface area contributed by atoms with Gasteiger partial charge in [-0.05, 0) is 49.1 Å². The normalized spacial score (nSPS) is 18.0. The fourth-order valence-electron chi connectivity index (χ4n) is 2.35. The van der Waals surface area contributed by atoms with E-state index >= 15 is 0 Å². The Kier molecular flexibility index (Phi) is 3.64. The molecule has 0 bridgehead atoms. The molecule has 1 aliphatic rings. The van der Waals surface area contributed by atoms with Crippen molar-refractivity contribution in [3.8, 4) is 5.75 Å². The Balaban J connectivity index is 1.87. The summed E-state index contributed by atoms with van der Waals surface area (Å²) in [6.45, 7) is 0.800. The maximum Gasteiger partial charge on any atom is 0.217 e. The van der Waals surface area contributed by atoms with E-state index in [1.165, 1.54) is 11.1 Å². The molecule has 0 fully saturated rings. The van der Waals surface area contributed by atoms with Crippen LogP contribution < -0.4 is 11.1 Å². The molecule has 1 aromatic rings. The van der Waals surface area contributed by atoms with Gasteiger partial charge in [0.05, 0.1) is 0 Å². The van der Waals surface area contributed by atoms with E-state index < -0.39 is 0 Å². The van der Waals surface area contributed by atoms with E-state index in [2.05, 4.69) is 5.32 Å². The molecule has 0 radical (unpaired) electrons. The quantitative estimate of drug-likeness (QED) is 0.671. The van der Waals surface area contributed by atoms with Crippen molar-refractivity contribution in [1.29, 1.82) is 0 Å². The second-order valence-electron chi connectivity index (χ2n) is 4.50. The molecule has 1 amide bonds. The molecule has 17 heavy (non-hydrogen) atoms. The number of benzene rings is 1. The molecule has 0 saturated heterocycles. The summed E-state index contributed by atoms with van der Waals surface area (Å²) in [6.07, 6.45) is 3.26. The van der Waals surface area contributed by atoms with Crippen molar-refractivity contribution in [3.63, 3.8) is 0 Å². The molecule has 92 valence electrons. The van der Waals surface area contributed by atoms with Gasteiger partial charge in [0.2, 0.25) is 5.91 Å². The Morgan fingerprint density at radius 3 is 3.12 bits per heavy atom. The molecule has 1 aliphatic carbocycles. The highest BCUT2D eigenvalue weighted by Gasteiger charge is 2.21. The van der Waals surface area contributed by atoms with Crippen molar-refractivity contribution in [2.24, 2.45) is 5.73 Å². The minimum atomic E-state index is -0.247. The Morgan fingerprint density at radius 2 is 2.35 bits per heavy atom. The molecular weight excluding hydrogens is 216 g/mol. The Morgan fingerprint density at radius 1 is 1.53 bits per heavy atom. The van der Waals surface area contributed by atoms with Gasteiger partial charge in [-0.25, -0.2) is 0 Å². The summed E-state index contributed by atoms with van der Waals surface area (Å²) in [5.41, 5.74) is 7.57. The van der Waals surface area contributed by atoms with Crippen LogP contribution in [0.25, 0.3) is 0 Å². The van der Waals surface area contributed by atoms with Crippen LogP contribution in [-0.4, -0.2) is 17.6 Å². The number of primary amides is 1. The molecule has 1 atom stereocenters. The molecule has 4 nitrogen and oxygen atoms in total. The van der Waals surface area contributed by atoms with Crippen LogP contribution in [0.5, 0.6) is 5.75 Å². The summed E-state index contributed by atoms with van der Waals surface area (Å²) < 4.78 is 0. The summed E-state index contributed by atoms with van der Waals surface area (Å²) in [5, 5.41) is 12.8. The minimum absolute atomic E-state index is 0.247. The standard InChI is InChI=1S/C13H18N2O2/c14-13(17)2-1-7-15-12-6-3-9-8-10(16)4-5-11(9)12/h4-5,8,12,15-16H,1-3,6-7H2,(H2,14,17). The third kappa shape index (κ3) is 2.97. The van der Waals surface area contributed by atoms with Gasteiger partial charge in [-0.3, -0.25) is 4.79 Å². The fraction of sp³-hybridized carbons (Fsp3) is 0.462. The van der Waals surface area contributed by atoms with Crippen molar-refractivity contribution in [1.82, 2.24) is 5.32 Å². The van der Waals surface area contributed by atoms with Gasteiger partial charge in [0.25, 0.3) is 0 Å². The van der Waals surface area contributed by atoms with Crippen LogP contribution in [0, 0.1) is 0 Å². The Bertz CT molecular complexity index is 418. The van der Waals surface area contributed by atoms with Crippen LogP contribution in [0.15, 0.2) is 18.2 Å². The zero-order valence-electron chi connectivity index (χ0n) is 9.78. The zero-order chi connectivity index (χ0) is 12.3. The molecule has 4 N–H and O–H groups in total. The first-order valence-electron chi connectivity index (χ1n) is 6.00. The molecule has 1 aromatic carbocycles. The highest BCUT2D eigenvalue weighted by molar-refractivity contribution is 5.73. The lowest BCUT2D eigenvalue weighted by molar-refractivity contribution is -0.118. The zero-order valence-corrected chi connectivity index (χ0v) is 9.78. The van der Waals surface area contributed by atoms with E-state index in [1.54, 1.807) is 6.07 Å². The van der Waals surface area contributed by atoms with Gasteiger partial charge >= 0.3 is 0 Å². The maximum atomic E-state index is 10.6. The number of carbonyl (C=O) groups excluding carboxylic acids is 1. The number of rotatable bonds is 5. The van der Waals surface area contributed by atoms with Gasteiger partial charge < -0.3 is 16.2 Å². The molecule has 0 heterocycles. The summed E-state index contributed by atoms with van der Waals surface area (Å²) in [4.78, 5) is 10.6. The second-order valence-corrected chi connectivity index (χ2v) is 4.50. The third-order valence-electron chi connectivity index (χ3n) is 3.20. The van der Waals surface area contributed by atoms with Gasteiger partial charge in [0, 0.05) is 12.5 Å². The van der Waals surface area contributed by atoms with Crippen LogP contribution in [0.4, 0.5) is 0 Å². The first-order chi connectivity index (χ1) is 8.16. The molecule has 0 aliphatic heterocycles. The van der Waals surface area contributed by atoms with Gasteiger partial charge in [-0.2, -0.15) is 0 Å². The molecular formula is C13H18N2O2. The van der Waals surface area contributed by atoms with E-state index in [1.807, 2.05) is 12.1 Å². The maximum absolute atomic E-state index is 10.6. The first-order valence-corrected chi connectivity index (χ1v) is 6.00. The first kappa shape index (κ1) is 11.9. The van der Waals surface area contributed by atoms with E-state index in [-0.39, 0.29) is 5.91 Å². The van der Waals surface area contributed by atoms with Crippen molar-refractivity contribution in [3.05, 3.63) is 29.3 Å². The number of aryl methyl sites for hydroxylation is 1. The number of carbonyl (C=O) groups is 1. The number of fused-ring (bicyclic) bond motifs is 1. The van der Waals surface area contributed by atoms with Crippen molar-refractivity contribution < 1.29 is 9.90 Å². The molecule has 0 aromatic heterocycles. The van der Waals surface area contributed by atoms with Crippen molar-refractivity contribution >= 4 is 5.91 Å². The van der Waals surface area contributed by atoms with E-state index in [4.69, 9.17) is 5.73 Å². The smallest absolute Gasteiger partial charge is 0.217 e. The number of phenolic OH excluding ortho intramolecular Hbond substituents is 1. The van der Waals surface area contributed by atoms with Gasteiger partial charge in [0.15, 0.2) is 0 Å². The summed E-state index contributed by atoms with van der Waals surface area (Å²) >= 11 is 0. The monoisotopic (exact) mass is 234 g/mol. The van der Waals surface area contributed by atoms with Crippen LogP contribution in [0.3, 0.4) is 0 Å². The lowest BCUT2D eigenvalue weighted by Crippen LogP contribution is -2.22. The van der Waals surface area contributed by atoms with E-state index in [0.717, 1.165) is 25.8 Å². The highest BCUT2D eigenvalue weighted by atomic mass is 16.3. The number of phenols is 1. The number of hydrogen-bond acceptors (Lipinski definition) is 3. The number of hydrogen-bond donors (Lipinski definition) is 3. The molecule has 0 saturated carbocycles. The van der Waals surface area contributed by atoms with Crippen LogP contribution in [0.1, 0.15) is 36.4 Å². The Hall–Kier alpha value is -1.55. The van der Waals surface area contributed by atoms with Gasteiger partial charge in [-0.15, -0.1) is 0 Å². The third-order valence-corrected chi connectivity index (χ3v) is 3.20. The number of aromatic hydroxyl groups is 1. The summed E-state index contributed by atoms with van der Waals surface area (Å²) in [6, 6.07) is 5.88. The van der Waals surface area contributed by atoms with Gasteiger partial charge in [-0.1, -0.05) is 6.07 Å². The van der Waals surface area contributed by atoms with Gasteiger partial charge in [0.1, 0.15) is 5.75 Å². The largest absolute Gasteiger partial charge is 0.508 e.